The number of pyridine rings is 1. The van der Waals surface area contributed by atoms with E-state index in [0.717, 1.165) is 12.1 Å². The van der Waals surface area contributed by atoms with Crippen LogP contribution in [0.1, 0.15) is 12.6 Å². The van der Waals surface area contributed by atoms with Gasteiger partial charge in [-0.05, 0) is 26.0 Å². The minimum absolute atomic E-state index is 0.208. The van der Waals surface area contributed by atoms with Crippen LogP contribution in [0, 0.1) is 18.6 Å². The van der Waals surface area contributed by atoms with Gasteiger partial charge in [0.25, 0.3) is 0 Å². The summed E-state index contributed by atoms with van der Waals surface area (Å²) in [5, 5.41) is 14.5. The largest absolute Gasteiger partial charge is 0.503 e. The molecule has 0 saturated heterocycles. The lowest BCUT2D eigenvalue weighted by Gasteiger charge is -2.09. The van der Waals surface area contributed by atoms with Crippen LogP contribution in [0.15, 0.2) is 23.0 Å². The van der Waals surface area contributed by atoms with Crippen LogP contribution in [0.3, 0.4) is 0 Å². The predicted molar refractivity (Wildman–Crippen MR) is 77.8 cm³/mol. The first-order chi connectivity index (χ1) is 10.5. The molecule has 0 amide bonds. The number of fused-ring (bicyclic) bond motifs is 1. The Morgan fingerprint density at radius 2 is 1.95 bits per heavy atom. The molecule has 114 valence electrons. The van der Waals surface area contributed by atoms with Crippen molar-refractivity contribution in [2.75, 3.05) is 0 Å². The van der Waals surface area contributed by atoms with Crippen molar-refractivity contribution in [3.8, 4) is 17.0 Å². The zero-order valence-corrected chi connectivity index (χ0v) is 11.9. The Hall–Kier alpha value is -2.70. The lowest BCUT2D eigenvalue weighted by Crippen LogP contribution is -2.08. The number of aryl methyl sites for hydroxylation is 2. The van der Waals surface area contributed by atoms with Gasteiger partial charge in [-0.25, -0.2) is 13.5 Å². The van der Waals surface area contributed by atoms with Crippen molar-refractivity contribution < 1.29 is 13.9 Å². The summed E-state index contributed by atoms with van der Waals surface area (Å²) in [5.74, 6) is -2.47. The van der Waals surface area contributed by atoms with Gasteiger partial charge < -0.3 is 10.1 Å². The van der Waals surface area contributed by atoms with Crippen LogP contribution in [0.4, 0.5) is 8.78 Å². The summed E-state index contributed by atoms with van der Waals surface area (Å²) < 4.78 is 29.4. The Morgan fingerprint density at radius 1 is 1.32 bits per heavy atom. The molecule has 0 aliphatic rings. The van der Waals surface area contributed by atoms with Gasteiger partial charge in [0.2, 0.25) is 5.43 Å². The molecule has 2 aromatic heterocycles. The van der Waals surface area contributed by atoms with E-state index in [0.29, 0.717) is 17.9 Å². The summed E-state index contributed by atoms with van der Waals surface area (Å²) in [6, 6.07) is 3.33. The highest BCUT2D eigenvalue weighted by Gasteiger charge is 2.22. The number of benzene rings is 1. The molecule has 0 aliphatic heterocycles. The number of rotatable bonds is 2. The Balaban J connectivity index is 2.46. The first-order valence-electron chi connectivity index (χ1n) is 6.72. The van der Waals surface area contributed by atoms with Crippen LogP contribution in [0.2, 0.25) is 0 Å². The topological polar surface area (TPSA) is 70.9 Å². The van der Waals surface area contributed by atoms with E-state index in [2.05, 4.69) is 10.1 Å². The van der Waals surface area contributed by atoms with Gasteiger partial charge in [-0.2, -0.15) is 5.10 Å². The summed E-state index contributed by atoms with van der Waals surface area (Å²) >= 11 is 0. The molecule has 5 nitrogen and oxygen atoms in total. The molecule has 1 aromatic carbocycles. The molecule has 2 N–H and O–H groups in total. The van der Waals surface area contributed by atoms with E-state index in [1.807, 2.05) is 6.92 Å². The van der Waals surface area contributed by atoms with E-state index < -0.39 is 28.4 Å². The zero-order chi connectivity index (χ0) is 16.0. The summed E-state index contributed by atoms with van der Waals surface area (Å²) in [6.07, 6.45) is 0. The summed E-state index contributed by atoms with van der Waals surface area (Å²) in [7, 11) is 0. The van der Waals surface area contributed by atoms with Gasteiger partial charge in [0, 0.05) is 6.54 Å². The molecule has 2 heterocycles. The second-order valence-corrected chi connectivity index (χ2v) is 4.90. The maximum atomic E-state index is 13.9. The monoisotopic (exact) mass is 305 g/mol. The van der Waals surface area contributed by atoms with Crippen LogP contribution >= 0.6 is 0 Å². The average molecular weight is 305 g/mol. The Bertz CT molecular complexity index is 924. The Labute approximate surface area is 123 Å². The van der Waals surface area contributed by atoms with Crippen LogP contribution in [-0.4, -0.2) is 19.9 Å². The quantitative estimate of drug-likeness (QED) is 0.764. The molecule has 22 heavy (non-hydrogen) atoms. The maximum Gasteiger partial charge on any atom is 0.235 e. The van der Waals surface area contributed by atoms with Crippen molar-refractivity contribution in [1.29, 1.82) is 0 Å². The van der Waals surface area contributed by atoms with Gasteiger partial charge in [-0.1, -0.05) is 6.07 Å². The molecular formula is C15H13F2N3O2. The second kappa shape index (κ2) is 4.94. The molecule has 0 fully saturated rings. The first kappa shape index (κ1) is 14.2. The fourth-order valence-electron chi connectivity index (χ4n) is 2.54. The van der Waals surface area contributed by atoms with Crippen molar-refractivity contribution in [3.63, 3.8) is 0 Å². The smallest absolute Gasteiger partial charge is 0.235 e. The number of hydrogen-bond acceptors (Lipinski definition) is 3. The number of H-pyrrole nitrogens is 1. The molecule has 0 radical (unpaired) electrons. The molecule has 0 spiro atoms. The lowest BCUT2D eigenvalue weighted by atomic mass is 10.1. The highest BCUT2D eigenvalue weighted by Crippen LogP contribution is 2.31. The highest BCUT2D eigenvalue weighted by molar-refractivity contribution is 5.84. The van der Waals surface area contributed by atoms with Gasteiger partial charge in [-0.15, -0.1) is 0 Å². The van der Waals surface area contributed by atoms with Crippen molar-refractivity contribution in [2.24, 2.45) is 0 Å². The van der Waals surface area contributed by atoms with Crippen molar-refractivity contribution in [3.05, 3.63) is 45.8 Å². The van der Waals surface area contributed by atoms with Gasteiger partial charge >= 0.3 is 0 Å². The van der Waals surface area contributed by atoms with Crippen LogP contribution < -0.4 is 5.43 Å². The molecule has 0 saturated carbocycles. The maximum absolute atomic E-state index is 13.9. The Kier molecular flexibility index (Phi) is 3.20. The fourth-order valence-corrected chi connectivity index (χ4v) is 2.54. The predicted octanol–water partition coefficient (Wildman–Crippen LogP) is 2.70. The number of nitrogens with zero attached hydrogens (tertiary/aromatic N) is 2. The normalized spacial score (nSPS) is 11.3. The number of aromatic amines is 1. The second-order valence-electron chi connectivity index (χ2n) is 4.90. The third-order valence-electron chi connectivity index (χ3n) is 3.56. The highest BCUT2D eigenvalue weighted by atomic mass is 19.1. The third-order valence-corrected chi connectivity index (χ3v) is 3.56. The fraction of sp³-hybridized carbons (Fsp3) is 0.200. The molecule has 0 bridgehead atoms. The number of hydrogen-bond donors (Lipinski definition) is 2. The van der Waals surface area contributed by atoms with E-state index in [1.165, 1.54) is 10.7 Å². The van der Waals surface area contributed by atoms with Crippen molar-refractivity contribution >= 4 is 11.0 Å². The van der Waals surface area contributed by atoms with E-state index in [-0.39, 0.29) is 11.1 Å². The third kappa shape index (κ3) is 1.89. The lowest BCUT2D eigenvalue weighted by molar-refractivity contribution is 0.469. The van der Waals surface area contributed by atoms with E-state index in [1.54, 1.807) is 6.92 Å². The SMILES string of the molecule is CCn1nc(C)c2c(=O)c(O)c(-c3c(F)cccc3F)[nH]c21. The van der Waals surface area contributed by atoms with Crippen molar-refractivity contribution in [2.45, 2.75) is 20.4 Å². The molecule has 7 heteroatoms. The minimum Gasteiger partial charge on any atom is -0.503 e. The van der Waals surface area contributed by atoms with E-state index in [4.69, 9.17) is 0 Å². The summed E-state index contributed by atoms with van der Waals surface area (Å²) in [6.45, 7) is 3.91. The average Bonchev–Trinajstić information content (AvgIpc) is 2.80. The minimum atomic E-state index is -0.871. The zero-order valence-electron chi connectivity index (χ0n) is 11.9. The van der Waals surface area contributed by atoms with Gasteiger partial charge in [0.1, 0.15) is 17.3 Å². The molecular weight excluding hydrogens is 292 g/mol. The molecule has 0 atom stereocenters. The van der Waals surface area contributed by atoms with Gasteiger partial charge in [-0.3, -0.25) is 4.79 Å². The van der Waals surface area contributed by atoms with E-state index in [9.17, 15) is 18.7 Å². The molecule has 0 unspecified atom stereocenters. The molecule has 3 aromatic rings. The number of aromatic hydroxyl groups is 1. The summed E-state index contributed by atoms with van der Waals surface area (Å²) in [4.78, 5) is 15.1. The first-order valence-corrected chi connectivity index (χ1v) is 6.72. The number of halogens is 2. The standard InChI is InChI=1S/C15H13F2N3O2/c1-3-20-15-10(7(2)19-20)13(21)14(22)12(18-15)11-8(16)5-4-6-9(11)17/h4-6,22H,3H2,1-2H3,(H,18,21). The van der Waals surface area contributed by atoms with E-state index >= 15 is 0 Å². The van der Waals surface area contributed by atoms with Gasteiger partial charge in [0.05, 0.1) is 22.3 Å². The number of nitrogens with one attached hydrogen (secondary N) is 1. The summed E-state index contributed by atoms with van der Waals surface area (Å²) in [5.41, 5.74) is -0.707. The molecule has 3 rings (SSSR count). The van der Waals surface area contributed by atoms with Crippen LogP contribution in [0.5, 0.6) is 5.75 Å². The Morgan fingerprint density at radius 3 is 2.55 bits per heavy atom. The van der Waals surface area contributed by atoms with Crippen LogP contribution in [0.25, 0.3) is 22.3 Å². The van der Waals surface area contributed by atoms with Gasteiger partial charge in [0.15, 0.2) is 5.75 Å². The number of aromatic nitrogens is 3. The van der Waals surface area contributed by atoms with Crippen molar-refractivity contribution in [1.82, 2.24) is 14.8 Å². The van der Waals surface area contributed by atoms with Crippen LogP contribution in [-0.2, 0) is 6.54 Å². The molecule has 0 aliphatic carbocycles.